The van der Waals surface area contributed by atoms with E-state index in [9.17, 15) is 22.8 Å². The summed E-state index contributed by atoms with van der Waals surface area (Å²) >= 11 is 0. The zero-order chi connectivity index (χ0) is 22.1. The molecule has 30 heavy (non-hydrogen) atoms. The first kappa shape index (κ1) is 21.5. The monoisotopic (exact) mass is 422 g/mol. The highest BCUT2D eigenvalue weighted by molar-refractivity contribution is 6.02. The molecule has 0 bridgehead atoms. The molecular weight excluding hydrogens is 401 g/mol. The average molecular weight is 422 g/mol. The van der Waals surface area contributed by atoms with Gasteiger partial charge in [-0.3, -0.25) is 9.59 Å². The molecule has 0 spiro atoms. The summed E-state index contributed by atoms with van der Waals surface area (Å²) in [6.45, 7) is 1.68. The highest BCUT2D eigenvalue weighted by Crippen LogP contribution is 2.36. The number of carbonyl (C=O) groups excluding carboxylic acids is 2. The number of ether oxygens (including phenoxy) is 2. The molecule has 1 N–H and O–H groups in total. The summed E-state index contributed by atoms with van der Waals surface area (Å²) < 4.78 is 49.0. The largest absolute Gasteiger partial charge is 0.495 e. The van der Waals surface area contributed by atoms with Crippen LogP contribution < -0.4 is 14.8 Å². The van der Waals surface area contributed by atoms with Crippen LogP contribution in [-0.2, 0) is 15.8 Å². The Kier molecular flexibility index (Phi) is 5.65. The number of amides is 2. The molecule has 0 unspecified atom stereocenters. The van der Waals surface area contributed by atoms with Crippen molar-refractivity contribution < 1.29 is 32.2 Å². The van der Waals surface area contributed by atoms with Gasteiger partial charge in [-0.15, -0.1) is 0 Å². The van der Waals surface area contributed by atoms with Crippen molar-refractivity contribution in [2.75, 3.05) is 19.5 Å². The predicted octanol–water partition coefficient (Wildman–Crippen LogP) is 4.46. The second kappa shape index (κ2) is 7.89. The van der Waals surface area contributed by atoms with Gasteiger partial charge in [-0.2, -0.15) is 13.2 Å². The predicted molar refractivity (Wildman–Crippen MR) is 104 cm³/mol. The lowest BCUT2D eigenvalue weighted by atomic mass is 9.98. The van der Waals surface area contributed by atoms with Crippen LogP contribution in [0.25, 0.3) is 0 Å². The summed E-state index contributed by atoms with van der Waals surface area (Å²) in [5.74, 6) is 0.393. The highest BCUT2D eigenvalue weighted by Gasteiger charge is 2.45. The van der Waals surface area contributed by atoms with Crippen LogP contribution in [0.4, 0.5) is 18.9 Å². The van der Waals surface area contributed by atoms with Crippen LogP contribution in [0, 0.1) is 0 Å². The van der Waals surface area contributed by atoms with E-state index in [-0.39, 0.29) is 24.0 Å². The second-order valence-corrected chi connectivity index (χ2v) is 7.17. The van der Waals surface area contributed by atoms with Gasteiger partial charge in [0.15, 0.2) is 0 Å². The van der Waals surface area contributed by atoms with E-state index in [1.54, 1.807) is 26.1 Å². The third kappa shape index (κ3) is 4.19. The van der Waals surface area contributed by atoms with Crippen LogP contribution in [0.15, 0.2) is 42.5 Å². The Morgan fingerprint density at radius 3 is 2.30 bits per heavy atom. The molecular formula is C21H21F3N2O4. The van der Waals surface area contributed by atoms with Crippen molar-refractivity contribution in [3.05, 3.63) is 48.0 Å². The van der Waals surface area contributed by atoms with Gasteiger partial charge in [-0.05, 0) is 49.7 Å². The minimum atomic E-state index is -4.43. The fourth-order valence-corrected chi connectivity index (χ4v) is 3.18. The van der Waals surface area contributed by atoms with Crippen molar-refractivity contribution in [3.8, 4) is 17.2 Å². The van der Waals surface area contributed by atoms with Gasteiger partial charge in [0.05, 0.1) is 18.4 Å². The number of anilines is 1. The molecule has 1 saturated heterocycles. The lowest BCUT2D eigenvalue weighted by molar-refractivity contribution is -0.137. The van der Waals surface area contributed by atoms with Gasteiger partial charge < -0.3 is 19.7 Å². The summed E-state index contributed by atoms with van der Waals surface area (Å²) in [5, 5.41) is 2.76. The molecule has 2 aromatic carbocycles. The maximum Gasteiger partial charge on any atom is 0.416 e. The van der Waals surface area contributed by atoms with Gasteiger partial charge in [-0.25, -0.2) is 0 Å². The van der Waals surface area contributed by atoms with Crippen LogP contribution in [0.5, 0.6) is 17.2 Å². The number of benzene rings is 2. The first-order valence-electron chi connectivity index (χ1n) is 9.16. The van der Waals surface area contributed by atoms with E-state index in [1.165, 1.54) is 30.2 Å². The Labute approximate surface area is 171 Å². The van der Waals surface area contributed by atoms with Crippen molar-refractivity contribution in [2.24, 2.45) is 0 Å². The van der Waals surface area contributed by atoms with Crippen LogP contribution >= 0.6 is 0 Å². The fourth-order valence-electron chi connectivity index (χ4n) is 3.18. The molecule has 1 aliphatic rings. The summed E-state index contributed by atoms with van der Waals surface area (Å²) in [6.07, 6.45) is -3.76. The minimum Gasteiger partial charge on any atom is -0.495 e. The van der Waals surface area contributed by atoms with Crippen LogP contribution in [-0.4, -0.2) is 36.4 Å². The molecule has 1 heterocycles. The Morgan fingerprint density at radius 2 is 1.77 bits per heavy atom. The standard InChI is InChI=1S/C21H21F3N2O4/c1-20(11-10-18(27)26(20)2)19(28)25-16-12-15(8-9-17(16)29-3)30-14-6-4-13(5-7-14)21(22,23)24/h4-9,12H,10-11H2,1-3H3,(H,25,28)/t20-/m0/s1. The number of hydrogen-bond acceptors (Lipinski definition) is 4. The van der Waals surface area contributed by atoms with Gasteiger partial charge in [0.25, 0.3) is 0 Å². The zero-order valence-corrected chi connectivity index (χ0v) is 16.7. The van der Waals surface area contributed by atoms with Crippen molar-refractivity contribution in [2.45, 2.75) is 31.5 Å². The zero-order valence-electron chi connectivity index (χ0n) is 16.7. The van der Waals surface area contributed by atoms with Gasteiger partial charge in [0.1, 0.15) is 22.8 Å². The molecule has 3 rings (SSSR count). The molecule has 0 aromatic heterocycles. The highest BCUT2D eigenvalue weighted by atomic mass is 19.4. The molecule has 1 fully saturated rings. The smallest absolute Gasteiger partial charge is 0.416 e. The van der Waals surface area contributed by atoms with Gasteiger partial charge in [-0.1, -0.05) is 0 Å². The molecule has 160 valence electrons. The number of alkyl halides is 3. The third-order valence-electron chi connectivity index (χ3n) is 5.27. The quantitative estimate of drug-likeness (QED) is 0.773. The molecule has 0 radical (unpaired) electrons. The summed E-state index contributed by atoms with van der Waals surface area (Å²) in [5.41, 5.74) is -1.45. The summed E-state index contributed by atoms with van der Waals surface area (Å²) in [7, 11) is 3.02. The van der Waals surface area contributed by atoms with Crippen LogP contribution in [0.3, 0.4) is 0 Å². The van der Waals surface area contributed by atoms with Crippen molar-refractivity contribution in [3.63, 3.8) is 0 Å². The number of rotatable bonds is 5. The number of nitrogens with zero attached hydrogens (tertiary/aromatic N) is 1. The molecule has 2 amide bonds. The van der Waals surface area contributed by atoms with E-state index in [4.69, 9.17) is 9.47 Å². The number of likely N-dealkylation sites (tertiary alicyclic amines) is 1. The average Bonchev–Trinajstić information content (AvgIpc) is 2.96. The van der Waals surface area contributed by atoms with Crippen LogP contribution in [0.2, 0.25) is 0 Å². The molecule has 6 nitrogen and oxygen atoms in total. The Hall–Kier alpha value is -3.23. The number of methoxy groups -OCH3 is 1. The SMILES string of the molecule is COc1ccc(Oc2ccc(C(F)(F)F)cc2)cc1NC(=O)[C@]1(C)CCC(=O)N1C. The lowest BCUT2D eigenvalue weighted by Crippen LogP contribution is -2.50. The Balaban J connectivity index is 1.80. The second-order valence-electron chi connectivity index (χ2n) is 7.17. The van der Waals surface area contributed by atoms with Gasteiger partial charge >= 0.3 is 6.18 Å². The van der Waals surface area contributed by atoms with Crippen molar-refractivity contribution >= 4 is 17.5 Å². The van der Waals surface area contributed by atoms with E-state index >= 15 is 0 Å². The minimum absolute atomic E-state index is 0.112. The number of nitrogens with one attached hydrogen (secondary N) is 1. The first-order valence-corrected chi connectivity index (χ1v) is 9.16. The number of carbonyl (C=O) groups is 2. The molecule has 0 aliphatic carbocycles. The van der Waals surface area contributed by atoms with Gasteiger partial charge in [0.2, 0.25) is 11.8 Å². The maximum absolute atomic E-state index is 12.9. The normalized spacial score (nSPS) is 19.0. The lowest BCUT2D eigenvalue weighted by Gasteiger charge is -2.31. The number of halogens is 3. The van der Waals surface area contributed by atoms with Crippen molar-refractivity contribution in [1.29, 1.82) is 0 Å². The molecule has 9 heteroatoms. The van der Waals surface area contributed by atoms with Crippen LogP contribution in [0.1, 0.15) is 25.3 Å². The molecule has 2 aromatic rings. The summed E-state index contributed by atoms with van der Waals surface area (Å²) in [4.78, 5) is 26.1. The van der Waals surface area contributed by atoms with E-state index in [2.05, 4.69) is 5.32 Å². The van der Waals surface area contributed by atoms with E-state index in [0.717, 1.165) is 12.1 Å². The molecule has 1 atom stereocenters. The fraction of sp³-hybridized carbons (Fsp3) is 0.333. The number of likely N-dealkylation sites (N-methyl/N-ethyl adjacent to an activating group) is 1. The Bertz CT molecular complexity index is 960. The van der Waals surface area contributed by atoms with E-state index in [1.807, 2.05) is 0 Å². The maximum atomic E-state index is 12.9. The third-order valence-corrected chi connectivity index (χ3v) is 5.27. The first-order chi connectivity index (χ1) is 14.0. The van der Waals surface area contributed by atoms with E-state index < -0.39 is 17.3 Å². The topological polar surface area (TPSA) is 67.9 Å². The summed E-state index contributed by atoms with van der Waals surface area (Å²) in [6, 6.07) is 8.93. The molecule has 0 saturated carbocycles. The van der Waals surface area contributed by atoms with Gasteiger partial charge in [0, 0.05) is 19.5 Å². The van der Waals surface area contributed by atoms with E-state index in [0.29, 0.717) is 23.6 Å². The number of hydrogen-bond donors (Lipinski definition) is 1. The van der Waals surface area contributed by atoms with Crippen molar-refractivity contribution in [1.82, 2.24) is 4.90 Å². The Morgan fingerprint density at radius 1 is 1.13 bits per heavy atom. The molecule has 1 aliphatic heterocycles.